The van der Waals surface area contributed by atoms with E-state index in [9.17, 15) is 9.90 Å². The summed E-state index contributed by atoms with van der Waals surface area (Å²) in [6.45, 7) is 1.86. The van der Waals surface area contributed by atoms with Gasteiger partial charge in [-0.2, -0.15) is 0 Å². The summed E-state index contributed by atoms with van der Waals surface area (Å²) in [6, 6.07) is 5.12. The second-order valence-corrected chi connectivity index (χ2v) is 6.05. The predicted octanol–water partition coefficient (Wildman–Crippen LogP) is 1.10. The number of hydrogen-bond donors (Lipinski definition) is 1. The first-order valence-electron chi connectivity index (χ1n) is 7.22. The lowest BCUT2D eigenvalue weighted by Crippen LogP contribution is -2.34. The topological polar surface area (TPSA) is 101 Å². The summed E-state index contributed by atoms with van der Waals surface area (Å²) in [4.78, 5) is 12.6. The molecular weight excluding hydrogens is 334 g/mol. The maximum atomic E-state index is 12.6. The van der Waals surface area contributed by atoms with Crippen molar-refractivity contribution in [2.45, 2.75) is 23.6 Å². The Labute approximate surface area is 143 Å². The fourth-order valence-corrected chi connectivity index (χ4v) is 2.93. The molecular formula is C15H19N3O5S. The van der Waals surface area contributed by atoms with Crippen LogP contribution in [0.15, 0.2) is 27.7 Å². The number of aromatic nitrogens is 2. The van der Waals surface area contributed by atoms with Crippen molar-refractivity contribution < 1.29 is 28.6 Å². The van der Waals surface area contributed by atoms with Gasteiger partial charge in [-0.15, -0.1) is 0 Å². The van der Waals surface area contributed by atoms with E-state index < -0.39 is 11.2 Å². The second kappa shape index (κ2) is 7.91. The summed E-state index contributed by atoms with van der Waals surface area (Å²) >= 11 is 1.11. The monoisotopic (exact) mass is 353 g/mol. The molecule has 1 aromatic heterocycles. The van der Waals surface area contributed by atoms with Crippen molar-refractivity contribution in [1.82, 2.24) is 5.27 Å². The summed E-state index contributed by atoms with van der Waals surface area (Å²) in [6.07, 6.45) is 0.521. The molecule has 0 aliphatic carbocycles. The number of carbonyl (C=O) groups excluding carboxylic acids is 1. The highest BCUT2D eigenvalue weighted by atomic mass is 32.2. The van der Waals surface area contributed by atoms with Gasteiger partial charge in [0.2, 0.25) is 5.91 Å². The third-order valence-corrected chi connectivity index (χ3v) is 4.78. The number of nitrogens with zero attached hydrogens (tertiary/aromatic N) is 2. The van der Waals surface area contributed by atoms with Crippen molar-refractivity contribution in [3.05, 3.63) is 18.2 Å². The zero-order valence-electron chi connectivity index (χ0n) is 13.9. The molecule has 0 aliphatic heterocycles. The first-order chi connectivity index (χ1) is 11.5. The second-order valence-electron chi connectivity index (χ2n) is 4.86. The molecule has 1 heterocycles. The summed E-state index contributed by atoms with van der Waals surface area (Å²) in [5, 5.41) is 17.8. The Bertz CT molecular complexity index is 700. The van der Waals surface area contributed by atoms with E-state index in [1.54, 1.807) is 32.4 Å². The Morgan fingerprint density at radius 3 is 2.75 bits per heavy atom. The number of aryl methyl sites for hydroxylation is 1. The van der Waals surface area contributed by atoms with Gasteiger partial charge in [0, 0.05) is 6.07 Å². The summed E-state index contributed by atoms with van der Waals surface area (Å²) < 4.78 is 16.3. The molecule has 0 fully saturated rings. The Morgan fingerprint density at radius 1 is 1.46 bits per heavy atom. The molecule has 1 unspecified atom stereocenters. The summed E-state index contributed by atoms with van der Waals surface area (Å²) in [5.41, 5.74) is 0.498. The molecule has 130 valence electrons. The van der Waals surface area contributed by atoms with Crippen LogP contribution in [0.25, 0.3) is 0 Å². The third-order valence-electron chi connectivity index (χ3n) is 3.30. The van der Waals surface area contributed by atoms with Gasteiger partial charge >= 0.3 is 0 Å². The minimum atomic E-state index is -0.562. The fourth-order valence-electron chi connectivity index (χ4n) is 2.01. The Hall–Kier alpha value is -2.42. The fraction of sp³-hybridized carbons (Fsp3) is 0.400. The van der Waals surface area contributed by atoms with E-state index in [-0.39, 0.29) is 10.9 Å². The zero-order valence-corrected chi connectivity index (χ0v) is 14.7. The molecule has 1 amide bonds. The third kappa shape index (κ3) is 3.91. The van der Waals surface area contributed by atoms with Crippen molar-refractivity contribution in [2.24, 2.45) is 7.05 Å². The highest BCUT2D eigenvalue weighted by molar-refractivity contribution is 8.00. The van der Waals surface area contributed by atoms with Gasteiger partial charge in [-0.3, -0.25) is 4.79 Å². The standard InChI is InChI=1S/C15H19N3O5S/c1-5-12(24-14-15(20)23-17-18(14)2)13(19)16-10-8-9(21-3)6-7-11(10)22-4/h6-8,12H,5H2,1-4H3,(H-,16,17,19,20). The van der Waals surface area contributed by atoms with E-state index in [0.29, 0.717) is 23.6 Å². The van der Waals surface area contributed by atoms with Crippen LogP contribution in [0.3, 0.4) is 0 Å². The van der Waals surface area contributed by atoms with Gasteiger partial charge in [0.25, 0.3) is 5.03 Å². The number of benzene rings is 1. The highest BCUT2D eigenvalue weighted by Gasteiger charge is 2.26. The van der Waals surface area contributed by atoms with Crippen molar-refractivity contribution in [1.29, 1.82) is 0 Å². The van der Waals surface area contributed by atoms with Gasteiger partial charge < -0.3 is 24.4 Å². The van der Waals surface area contributed by atoms with Crippen LogP contribution in [0.5, 0.6) is 17.4 Å². The lowest BCUT2D eigenvalue weighted by atomic mass is 10.2. The van der Waals surface area contributed by atoms with Gasteiger partial charge in [0.1, 0.15) is 11.5 Å². The average Bonchev–Trinajstić information content (AvgIpc) is 2.90. The first-order valence-corrected chi connectivity index (χ1v) is 8.10. The zero-order chi connectivity index (χ0) is 17.7. The molecule has 0 spiro atoms. The normalized spacial score (nSPS) is 11.8. The van der Waals surface area contributed by atoms with Crippen LogP contribution in [-0.4, -0.2) is 30.6 Å². The number of thioether (sulfide) groups is 1. The molecule has 0 aliphatic rings. The lowest BCUT2D eigenvalue weighted by molar-refractivity contribution is -0.772. The van der Waals surface area contributed by atoms with E-state index in [0.717, 1.165) is 11.8 Å². The van der Waals surface area contributed by atoms with Gasteiger partial charge in [-0.25, -0.2) is 0 Å². The Morgan fingerprint density at radius 2 is 2.21 bits per heavy atom. The molecule has 0 saturated carbocycles. The molecule has 8 nitrogen and oxygen atoms in total. The molecule has 0 bridgehead atoms. The maximum Gasteiger partial charge on any atom is 0.291 e. The number of anilines is 1. The van der Waals surface area contributed by atoms with Gasteiger partial charge in [-0.1, -0.05) is 11.6 Å². The molecule has 1 N–H and O–H groups in total. The predicted molar refractivity (Wildman–Crippen MR) is 85.2 cm³/mol. The summed E-state index contributed by atoms with van der Waals surface area (Å²) in [7, 11) is 4.65. The Kier molecular flexibility index (Phi) is 5.91. The minimum absolute atomic E-state index is 0.255. The van der Waals surface area contributed by atoms with Crippen molar-refractivity contribution in [3.8, 4) is 17.4 Å². The number of rotatable bonds is 7. The largest absolute Gasteiger partial charge is 0.538 e. The van der Waals surface area contributed by atoms with Crippen LogP contribution in [0.4, 0.5) is 5.69 Å². The lowest BCUT2D eigenvalue weighted by Gasteiger charge is -2.15. The van der Waals surface area contributed by atoms with Crippen LogP contribution >= 0.6 is 11.8 Å². The van der Waals surface area contributed by atoms with Crippen molar-refractivity contribution in [3.63, 3.8) is 0 Å². The molecule has 9 heteroatoms. The van der Waals surface area contributed by atoms with Gasteiger partial charge in [-0.05, 0) is 30.3 Å². The number of ether oxygens (including phenoxy) is 2. The van der Waals surface area contributed by atoms with E-state index in [1.807, 2.05) is 6.92 Å². The van der Waals surface area contributed by atoms with Crippen LogP contribution in [0.1, 0.15) is 13.3 Å². The number of amides is 1. The van der Waals surface area contributed by atoms with Gasteiger partial charge in [0.05, 0.1) is 30.4 Å². The van der Waals surface area contributed by atoms with E-state index in [1.165, 1.54) is 11.8 Å². The van der Waals surface area contributed by atoms with Crippen LogP contribution in [0.2, 0.25) is 0 Å². The molecule has 1 aromatic carbocycles. The summed E-state index contributed by atoms with van der Waals surface area (Å²) in [5.74, 6) is 0.297. The van der Waals surface area contributed by atoms with Crippen molar-refractivity contribution in [2.75, 3.05) is 19.5 Å². The highest BCUT2D eigenvalue weighted by Crippen LogP contribution is 2.32. The molecule has 24 heavy (non-hydrogen) atoms. The molecule has 2 rings (SSSR count). The van der Waals surface area contributed by atoms with E-state index >= 15 is 0 Å². The maximum absolute atomic E-state index is 12.6. The number of nitrogens with one attached hydrogen (secondary N) is 1. The number of carbonyl (C=O) groups is 1. The molecule has 1 atom stereocenters. The van der Waals surface area contributed by atoms with Crippen LogP contribution in [0, 0.1) is 0 Å². The molecule has 0 saturated heterocycles. The smallest absolute Gasteiger partial charge is 0.291 e. The van der Waals surface area contributed by atoms with E-state index in [2.05, 4.69) is 15.1 Å². The van der Waals surface area contributed by atoms with Gasteiger partial charge in [0.15, 0.2) is 13.0 Å². The number of hydrogen-bond acceptors (Lipinski definition) is 7. The number of methoxy groups -OCH3 is 2. The quantitative estimate of drug-likeness (QED) is 0.587. The minimum Gasteiger partial charge on any atom is -0.538 e. The molecule has 2 aromatic rings. The van der Waals surface area contributed by atoms with E-state index in [4.69, 9.17) is 9.47 Å². The Balaban J connectivity index is 2.18. The first kappa shape index (κ1) is 17.9. The van der Waals surface area contributed by atoms with Crippen LogP contribution in [-0.2, 0) is 11.8 Å². The SMILES string of the molecule is CCC(Sc1c([O-])on[n+]1C)C(=O)Nc1cc(OC)ccc1OC. The van der Waals surface area contributed by atoms with Crippen LogP contribution < -0.4 is 24.6 Å². The average molecular weight is 353 g/mol. The van der Waals surface area contributed by atoms with Crippen molar-refractivity contribution >= 4 is 23.4 Å². The molecule has 0 radical (unpaired) electrons.